The third kappa shape index (κ3) is 3.57. The number of carbonyl (C=O) groups is 1. The number of carboxylic acid groups (broad SMARTS) is 1. The van der Waals surface area contributed by atoms with Gasteiger partial charge in [0.05, 0.1) is 10.6 Å². The fourth-order valence-electron chi connectivity index (χ4n) is 3.01. The zero-order valence-corrected chi connectivity index (χ0v) is 15.2. The second-order valence-corrected chi connectivity index (χ2v) is 8.12. The van der Waals surface area contributed by atoms with Gasteiger partial charge >= 0.3 is 5.97 Å². The van der Waals surface area contributed by atoms with Crippen LogP contribution in [0, 0.1) is 6.92 Å². The number of aryl methyl sites for hydroxylation is 1. The van der Waals surface area contributed by atoms with Crippen LogP contribution in [0.5, 0.6) is 0 Å². The summed E-state index contributed by atoms with van der Waals surface area (Å²) in [5.41, 5.74) is 0.0801. The number of rotatable bonds is 3. The number of hydrogen-bond donors (Lipinski definition) is 1. The van der Waals surface area contributed by atoms with E-state index >= 15 is 0 Å². The Bertz CT molecular complexity index is 1010. The summed E-state index contributed by atoms with van der Waals surface area (Å²) < 4.78 is 56.4. The highest BCUT2D eigenvalue weighted by Crippen LogP contribution is 2.44. The first kappa shape index (κ1) is 19.0. The number of benzene rings is 2. The highest BCUT2D eigenvalue weighted by atomic mass is 32.2. The van der Waals surface area contributed by atoms with E-state index in [2.05, 4.69) is 0 Å². The Kier molecular flexibility index (Phi) is 4.77. The van der Waals surface area contributed by atoms with Gasteiger partial charge in [0.1, 0.15) is 0 Å². The summed E-state index contributed by atoms with van der Waals surface area (Å²) in [6.45, 7) is 1.33. The normalized spacial score (nSPS) is 18.0. The Morgan fingerprint density at radius 3 is 2.41 bits per heavy atom. The van der Waals surface area contributed by atoms with E-state index in [1.165, 1.54) is 36.4 Å². The number of carboxylic acids is 1. The van der Waals surface area contributed by atoms with Crippen molar-refractivity contribution >= 4 is 27.3 Å². The van der Waals surface area contributed by atoms with Gasteiger partial charge < -0.3 is 5.11 Å². The standard InChI is InChI=1S/C19H17F2NO4S/c1-13-6-8-14(9-7-13)27(25,26)22-11-10-19(20,21)16(12-18(23)24)15-4-2-3-5-17(15)22/h2-9,12H,10-11H2,1H3,(H,23,24)/b16-12-. The van der Waals surface area contributed by atoms with Gasteiger partial charge in [0.2, 0.25) is 0 Å². The number of para-hydroxylation sites is 1. The minimum atomic E-state index is -4.09. The first-order valence-electron chi connectivity index (χ1n) is 8.15. The molecule has 2 aromatic rings. The Labute approximate surface area is 155 Å². The van der Waals surface area contributed by atoms with E-state index < -0.39 is 40.5 Å². The van der Waals surface area contributed by atoms with Crippen LogP contribution in [0.25, 0.3) is 5.57 Å². The van der Waals surface area contributed by atoms with Crippen molar-refractivity contribution in [3.63, 3.8) is 0 Å². The van der Waals surface area contributed by atoms with Gasteiger partial charge in [-0.15, -0.1) is 0 Å². The molecule has 1 N–H and O–H groups in total. The number of allylic oxidation sites excluding steroid dienone is 1. The molecule has 8 heteroatoms. The lowest BCUT2D eigenvalue weighted by Gasteiger charge is -2.24. The number of alkyl halides is 2. The highest BCUT2D eigenvalue weighted by Gasteiger charge is 2.42. The van der Waals surface area contributed by atoms with Crippen LogP contribution in [-0.2, 0) is 14.8 Å². The van der Waals surface area contributed by atoms with Gasteiger partial charge in [0.25, 0.3) is 15.9 Å². The summed E-state index contributed by atoms with van der Waals surface area (Å²) >= 11 is 0. The average molecular weight is 393 g/mol. The molecule has 0 aromatic heterocycles. The molecular weight excluding hydrogens is 376 g/mol. The predicted molar refractivity (Wildman–Crippen MR) is 97.3 cm³/mol. The van der Waals surface area contributed by atoms with Crippen molar-refractivity contribution in [2.24, 2.45) is 0 Å². The highest BCUT2D eigenvalue weighted by molar-refractivity contribution is 7.92. The van der Waals surface area contributed by atoms with E-state index in [-0.39, 0.29) is 16.1 Å². The lowest BCUT2D eigenvalue weighted by Crippen LogP contribution is -2.33. The Morgan fingerprint density at radius 2 is 1.78 bits per heavy atom. The number of halogens is 2. The molecule has 0 bridgehead atoms. The lowest BCUT2D eigenvalue weighted by atomic mass is 9.97. The fraction of sp³-hybridized carbons (Fsp3) is 0.211. The second kappa shape index (κ2) is 6.77. The first-order chi connectivity index (χ1) is 12.6. The van der Waals surface area contributed by atoms with Gasteiger partial charge in [-0.2, -0.15) is 0 Å². The zero-order valence-electron chi connectivity index (χ0n) is 14.4. The number of aliphatic carboxylic acids is 1. The van der Waals surface area contributed by atoms with Gasteiger partial charge in [-0.05, 0) is 25.1 Å². The molecule has 3 rings (SSSR count). The third-order valence-corrected chi connectivity index (χ3v) is 6.19. The van der Waals surface area contributed by atoms with Crippen molar-refractivity contribution in [3.05, 3.63) is 65.7 Å². The van der Waals surface area contributed by atoms with Gasteiger partial charge in [-0.25, -0.2) is 22.0 Å². The van der Waals surface area contributed by atoms with Crippen LogP contribution in [0.2, 0.25) is 0 Å². The van der Waals surface area contributed by atoms with Crippen LogP contribution in [-0.4, -0.2) is 32.0 Å². The lowest BCUT2D eigenvalue weighted by molar-refractivity contribution is -0.131. The number of anilines is 1. The molecule has 2 aromatic carbocycles. The van der Waals surface area contributed by atoms with E-state index in [0.29, 0.717) is 6.08 Å². The maximum absolute atomic E-state index is 14.6. The molecule has 0 amide bonds. The topological polar surface area (TPSA) is 74.7 Å². The maximum atomic E-state index is 14.6. The number of nitrogens with zero attached hydrogens (tertiary/aromatic N) is 1. The van der Waals surface area contributed by atoms with Crippen molar-refractivity contribution in [1.82, 2.24) is 0 Å². The molecule has 1 heterocycles. The van der Waals surface area contributed by atoms with Gasteiger partial charge in [0, 0.05) is 30.2 Å². The van der Waals surface area contributed by atoms with Crippen molar-refractivity contribution in [3.8, 4) is 0 Å². The molecule has 0 saturated carbocycles. The number of hydrogen-bond acceptors (Lipinski definition) is 3. The molecule has 0 aliphatic carbocycles. The predicted octanol–water partition coefficient (Wildman–Crippen LogP) is 3.70. The molecule has 1 aliphatic rings. The quantitative estimate of drug-likeness (QED) is 0.807. The van der Waals surface area contributed by atoms with Crippen molar-refractivity contribution in [2.45, 2.75) is 24.2 Å². The number of fused-ring (bicyclic) bond motifs is 1. The van der Waals surface area contributed by atoms with Crippen LogP contribution >= 0.6 is 0 Å². The van der Waals surface area contributed by atoms with Crippen LogP contribution in [0.1, 0.15) is 17.5 Å². The molecule has 5 nitrogen and oxygen atoms in total. The average Bonchev–Trinajstić information content (AvgIpc) is 2.70. The summed E-state index contributed by atoms with van der Waals surface area (Å²) in [4.78, 5) is 11.1. The van der Waals surface area contributed by atoms with E-state index in [9.17, 15) is 22.0 Å². The summed E-state index contributed by atoms with van der Waals surface area (Å²) in [7, 11) is -4.09. The second-order valence-electron chi connectivity index (χ2n) is 6.26. The van der Waals surface area contributed by atoms with Crippen molar-refractivity contribution in [2.75, 3.05) is 10.8 Å². The summed E-state index contributed by atoms with van der Waals surface area (Å²) in [5.74, 6) is -5.00. The van der Waals surface area contributed by atoms with E-state index in [0.717, 1.165) is 9.87 Å². The van der Waals surface area contributed by atoms with Crippen LogP contribution < -0.4 is 4.31 Å². The molecule has 0 spiro atoms. The third-order valence-electron chi connectivity index (χ3n) is 4.36. The first-order valence-corrected chi connectivity index (χ1v) is 9.59. The summed E-state index contributed by atoms with van der Waals surface area (Å²) in [6, 6.07) is 11.8. The van der Waals surface area contributed by atoms with Crippen LogP contribution in [0.15, 0.2) is 59.5 Å². The van der Waals surface area contributed by atoms with Crippen molar-refractivity contribution < 1.29 is 27.1 Å². The fourth-order valence-corrected chi connectivity index (χ4v) is 4.49. The summed E-state index contributed by atoms with van der Waals surface area (Å²) in [5, 5.41) is 9.00. The Hall–Kier alpha value is -2.74. The molecule has 0 fully saturated rings. The zero-order chi connectivity index (χ0) is 19.8. The summed E-state index contributed by atoms with van der Waals surface area (Å²) in [6.07, 6.45) is -0.382. The van der Waals surface area contributed by atoms with Crippen LogP contribution in [0.4, 0.5) is 14.5 Å². The number of sulfonamides is 1. The molecule has 27 heavy (non-hydrogen) atoms. The smallest absolute Gasteiger partial charge is 0.328 e. The molecule has 0 unspecified atom stereocenters. The molecule has 0 atom stereocenters. The maximum Gasteiger partial charge on any atom is 0.328 e. The van der Waals surface area contributed by atoms with E-state index in [1.807, 2.05) is 0 Å². The molecular formula is C19H17F2NO4S. The monoisotopic (exact) mass is 393 g/mol. The van der Waals surface area contributed by atoms with Crippen molar-refractivity contribution in [1.29, 1.82) is 0 Å². The Morgan fingerprint density at radius 1 is 1.15 bits per heavy atom. The SMILES string of the molecule is Cc1ccc(S(=O)(=O)N2CCC(F)(F)/C(=C\C(=O)O)c3ccccc32)cc1. The molecule has 142 valence electrons. The van der Waals surface area contributed by atoms with Gasteiger partial charge in [0.15, 0.2) is 0 Å². The van der Waals surface area contributed by atoms with E-state index in [1.54, 1.807) is 19.1 Å². The molecule has 0 saturated heterocycles. The molecule has 1 aliphatic heterocycles. The van der Waals surface area contributed by atoms with Crippen LogP contribution in [0.3, 0.4) is 0 Å². The largest absolute Gasteiger partial charge is 0.478 e. The van der Waals surface area contributed by atoms with Gasteiger partial charge in [-0.1, -0.05) is 35.9 Å². The minimum absolute atomic E-state index is 0.0168. The van der Waals surface area contributed by atoms with E-state index in [4.69, 9.17) is 5.11 Å². The molecule has 0 radical (unpaired) electrons. The van der Waals surface area contributed by atoms with Gasteiger partial charge in [-0.3, -0.25) is 4.31 Å². The minimum Gasteiger partial charge on any atom is -0.478 e. The Balaban J connectivity index is 2.21.